The van der Waals surface area contributed by atoms with Crippen LogP contribution in [-0.4, -0.2) is 37.2 Å². The molecule has 4 heteroatoms. The zero-order valence-electron chi connectivity index (χ0n) is 7.29. The minimum absolute atomic E-state index is 0.113. The van der Waals surface area contributed by atoms with E-state index in [9.17, 15) is 0 Å². The van der Waals surface area contributed by atoms with Gasteiger partial charge in [0.2, 0.25) is 0 Å². The maximum absolute atomic E-state index is 5.80. The lowest BCUT2D eigenvalue weighted by Crippen LogP contribution is -2.46. The normalized spacial score (nSPS) is 13.9. The van der Waals surface area contributed by atoms with Crippen LogP contribution in [0.1, 0.15) is 13.3 Å². The first-order valence-electron chi connectivity index (χ1n) is 4.16. The molecule has 1 atom stereocenters. The third kappa shape index (κ3) is 4.31. The molecule has 0 radical (unpaired) electrons. The van der Waals surface area contributed by atoms with Gasteiger partial charge in [-0.25, -0.2) is 0 Å². The first-order valence-corrected chi connectivity index (χ1v) is 4.16. The molecule has 0 aromatic carbocycles. The van der Waals surface area contributed by atoms with E-state index in [0.717, 1.165) is 19.5 Å². The van der Waals surface area contributed by atoms with Crippen LogP contribution >= 0.6 is 0 Å². The highest BCUT2D eigenvalue weighted by molar-refractivity contribution is 4.64. The summed E-state index contributed by atoms with van der Waals surface area (Å²) in [5, 5.41) is 0. The summed E-state index contributed by atoms with van der Waals surface area (Å²) in [7, 11) is 0. The van der Waals surface area contributed by atoms with Gasteiger partial charge in [-0.1, -0.05) is 6.92 Å². The fraction of sp³-hybridized carbons (Fsp3) is 1.00. The SMILES string of the molecule is CCC(N)N(CCN)CCN. The van der Waals surface area contributed by atoms with Crippen molar-refractivity contribution < 1.29 is 0 Å². The molecule has 0 aliphatic carbocycles. The van der Waals surface area contributed by atoms with Gasteiger partial charge < -0.3 is 17.2 Å². The molecule has 0 amide bonds. The molecule has 0 fully saturated rings. The van der Waals surface area contributed by atoms with Crippen molar-refractivity contribution in [3.63, 3.8) is 0 Å². The van der Waals surface area contributed by atoms with Crippen LogP contribution in [0, 0.1) is 0 Å². The number of hydrogen-bond donors (Lipinski definition) is 3. The quantitative estimate of drug-likeness (QED) is 0.431. The lowest BCUT2D eigenvalue weighted by atomic mass is 10.3. The topological polar surface area (TPSA) is 81.3 Å². The molecule has 0 aliphatic heterocycles. The summed E-state index contributed by atoms with van der Waals surface area (Å²) in [5.41, 5.74) is 16.6. The Bertz CT molecular complexity index is 80.5. The third-order valence-corrected chi connectivity index (χ3v) is 1.72. The maximum atomic E-state index is 5.80. The average molecular weight is 160 g/mol. The summed E-state index contributed by atoms with van der Waals surface area (Å²) in [6, 6.07) is 0. The summed E-state index contributed by atoms with van der Waals surface area (Å²) < 4.78 is 0. The fourth-order valence-corrected chi connectivity index (χ4v) is 1.03. The van der Waals surface area contributed by atoms with Crippen LogP contribution in [-0.2, 0) is 0 Å². The maximum Gasteiger partial charge on any atom is 0.0570 e. The highest BCUT2D eigenvalue weighted by Gasteiger charge is 2.09. The molecular weight excluding hydrogens is 140 g/mol. The van der Waals surface area contributed by atoms with Gasteiger partial charge in [-0.05, 0) is 6.42 Å². The van der Waals surface area contributed by atoms with Crippen molar-refractivity contribution in [2.45, 2.75) is 19.5 Å². The van der Waals surface area contributed by atoms with Crippen LogP contribution in [0.2, 0.25) is 0 Å². The van der Waals surface area contributed by atoms with Crippen molar-refractivity contribution in [1.82, 2.24) is 4.90 Å². The van der Waals surface area contributed by atoms with Crippen molar-refractivity contribution >= 4 is 0 Å². The van der Waals surface area contributed by atoms with E-state index in [0.29, 0.717) is 13.1 Å². The summed E-state index contributed by atoms with van der Waals surface area (Å²) >= 11 is 0. The van der Waals surface area contributed by atoms with Gasteiger partial charge in [-0.2, -0.15) is 0 Å². The minimum atomic E-state index is 0.113. The molecule has 0 rings (SSSR count). The Balaban J connectivity index is 3.66. The predicted octanol–water partition coefficient (Wildman–Crippen LogP) is -1.10. The molecule has 0 aliphatic rings. The van der Waals surface area contributed by atoms with E-state index in [4.69, 9.17) is 17.2 Å². The average Bonchev–Trinajstić information content (AvgIpc) is 2.03. The molecule has 0 aromatic rings. The molecule has 0 heterocycles. The van der Waals surface area contributed by atoms with Crippen LogP contribution in [0.25, 0.3) is 0 Å². The number of hydrogen-bond acceptors (Lipinski definition) is 4. The van der Waals surface area contributed by atoms with Gasteiger partial charge >= 0.3 is 0 Å². The van der Waals surface area contributed by atoms with Gasteiger partial charge in [0.05, 0.1) is 6.17 Å². The van der Waals surface area contributed by atoms with Gasteiger partial charge in [-0.3, -0.25) is 4.90 Å². The third-order valence-electron chi connectivity index (χ3n) is 1.72. The van der Waals surface area contributed by atoms with Crippen molar-refractivity contribution in [2.24, 2.45) is 17.2 Å². The molecule has 68 valence electrons. The Kier molecular flexibility index (Phi) is 6.45. The molecule has 4 nitrogen and oxygen atoms in total. The predicted molar refractivity (Wildman–Crippen MR) is 47.9 cm³/mol. The molecule has 0 spiro atoms. The second kappa shape index (κ2) is 6.54. The van der Waals surface area contributed by atoms with E-state index in [-0.39, 0.29) is 6.17 Å². The number of nitrogens with zero attached hydrogens (tertiary/aromatic N) is 1. The summed E-state index contributed by atoms with van der Waals surface area (Å²) in [5.74, 6) is 0. The van der Waals surface area contributed by atoms with E-state index in [1.165, 1.54) is 0 Å². The number of rotatable bonds is 6. The second-order valence-corrected chi connectivity index (χ2v) is 2.59. The largest absolute Gasteiger partial charge is 0.329 e. The molecule has 0 saturated carbocycles. The van der Waals surface area contributed by atoms with Crippen LogP contribution in [0.5, 0.6) is 0 Å². The molecule has 11 heavy (non-hydrogen) atoms. The molecule has 0 bridgehead atoms. The molecule has 6 N–H and O–H groups in total. The van der Waals surface area contributed by atoms with Gasteiger partial charge in [0.25, 0.3) is 0 Å². The van der Waals surface area contributed by atoms with Crippen molar-refractivity contribution in [3.8, 4) is 0 Å². The van der Waals surface area contributed by atoms with Gasteiger partial charge in [0.15, 0.2) is 0 Å². The van der Waals surface area contributed by atoms with Crippen LogP contribution < -0.4 is 17.2 Å². The number of nitrogens with two attached hydrogens (primary N) is 3. The van der Waals surface area contributed by atoms with E-state index in [1.807, 2.05) is 0 Å². The van der Waals surface area contributed by atoms with Crippen molar-refractivity contribution in [1.29, 1.82) is 0 Å². The van der Waals surface area contributed by atoms with Crippen molar-refractivity contribution in [2.75, 3.05) is 26.2 Å². The Morgan fingerprint density at radius 3 is 1.91 bits per heavy atom. The summed E-state index contributed by atoms with van der Waals surface area (Å²) in [4.78, 5) is 2.11. The smallest absolute Gasteiger partial charge is 0.0570 e. The fourth-order valence-electron chi connectivity index (χ4n) is 1.03. The molecule has 0 aromatic heterocycles. The Morgan fingerprint density at radius 2 is 1.64 bits per heavy atom. The Hall–Kier alpha value is -0.160. The molecular formula is C7H20N4. The van der Waals surface area contributed by atoms with E-state index < -0.39 is 0 Å². The lowest BCUT2D eigenvalue weighted by Gasteiger charge is -2.26. The zero-order chi connectivity index (χ0) is 8.69. The first-order chi connectivity index (χ1) is 5.26. The van der Waals surface area contributed by atoms with Crippen molar-refractivity contribution in [3.05, 3.63) is 0 Å². The van der Waals surface area contributed by atoms with E-state index in [1.54, 1.807) is 0 Å². The summed E-state index contributed by atoms with van der Waals surface area (Å²) in [6.07, 6.45) is 1.06. The van der Waals surface area contributed by atoms with E-state index >= 15 is 0 Å². The van der Waals surface area contributed by atoms with Gasteiger partial charge in [0, 0.05) is 26.2 Å². The van der Waals surface area contributed by atoms with Crippen LogP contribution in [0.15, 0.2) is 0 Å². The van der Waals surface area contributed by atoms with E-state index in [2.05, 4.69) is 11.8 Å². The standard InChI is InChI=1S/C7H20N4/c1-2-7(10)11(5-3-8)6-4-9/h7H,2-6,8-10H2,1H3. The highest BCUT2D eigenvalue weighted by atomic mass is 15.2. The molecule has 0 saturated heterocycles. The monoisotopic (exact) mass is 160 g/mol. The van der Waals surface area contributed by atoms with Crippen LogP contribution in [0.3, 0.4) is 0 Å². The lowest BCUT2D eigenvalue weighted by molar-refractivity contribution is 0.206. The molecule has 1 unspecified atom stereocenters. The Morgan fingerprint density at radius 1 is 1.18 bits per heavy atom. The van der Waals surface area contributed by atoms with Crippen LogP contribution in [0.4, 0.5) is 0 Å². The minimum Gasteiger partial charge on any atom is -0.329 e. The van der Waals surface area contributed by atoms with Gasteiger partial charge in [-0.15, -0.1) is 0 Å². The summed E-state index contributed by atoms with van der Waals surface area (Å²) in [6.45, 7) is 5.03. The zero-order valence-corrected chi connectivity index (χ0v) is 7.29. The highest BCUT2D eigenvalue weighted by Crippen LogP contribution is 1.95. The first kappa shape index (κ1) is 10.8. The Labute approximate surface area is 68.7 Å². The van der Waals surface area contributed by atoms with Gasteiger partial charge in [0.1, 0.15) is 0 Å². The second-order valence-electron chi connectivity index (χ2n) is 2.59.